The highest BCUT2D eigenvalue weighted by Crippen LogP contribution is 2.48. The Hall–Kier alpha value is -2.83. The lowest BCUT2D eigenvalue weighted by molar-refractivity contribution is -0.137. The summed E-state index contributed by atoms with van der Waals surface area (Å²) in [4.78, 5) is 24.4. The van der Waals surface area contributed by atoms with Crippen molar-refractivity contribution in [3.63, 3.8) is 0 Å². The number of alkyl halides is 3. The molecule has 0 saturated heterocycles. The third-order valence-corrected chi connectivity index (χ3v) is 4.72. The van der Waals surface area contributed by atoms with E-state index in [1.54, 1.807) is 25.1 Å². The van der Waals surface area contributed by atoms with E-state index < -0.39 is 17.7 Å². The number of methoxy groups -OCH3 is 1. The van der Waals surface area contributed by atoms with Crippen molar-refractivity contribution < 1.29 is 27.5 Å². The number of esters is 1. The molecule has 0 spiro atoms. The zero-order chi connectivity index (χ0) is 19.8. The Kier molecular flexibility index (Phi) is 4.95. The number of carbonyl (C=O) groups is 2. The Morgan fingerprint density at radius 1 is 1.11 bits per heavy atom. The Bertz CT molecular complexity index is 875. The highest BCUT2D eigenvalue weighted by atomic mass is 19.4. The van der Waals surface area contributed by atoms with Gasteiger partial charge in [0.2, 0.25) is 5.91 Å². The lowest BCUT2D eigenvalue weighted by Crippen LogP contribution is -2.18. The van der Waals surface area contributed by atoms with Gasteiger partial charge in [0.1, 0.15) is 0 Å². The Morgan fingerprint density at radius 2 is 1.78 bits per heavy atom. The zero-order valence-electron chi connectivity index (χ0n) is 14.8. The van der Waals surface area contributed by atoms with Crippen LogP contribution in [-0.2, 0) is 15.7 Å². The molecule has 7 heteroatoms. The number of anilines is 1. The summed E-state index contributed by atoms with van der Waals surface area (Å²) in [5, 5.41) is 2.77. The number of carbonyl (C=O) groups excluding carboxylic acids is 2. The minimum atomic E-state index is -4.38. The van der Waals surface area contributed by atoms with E-state index in [1.165, 1.54) is 19.2 Å². The molecule has 1 aliphatic carbocycles. The molecule has 2 aromatic rings. The van der Waals surface area contributed by atoms with Gasteiger partial charge >= 0.3 is 12.1 Å². The summed E-state index contributed by atoms with van der Waals surface area (Å²) in [5.74, 6) is -1.28. The van der Waals surface area contributed by atoms with Crippen LogP contribution in [0.2, 0.25) is 0 Å². The van der Waals surface area contributed by atoms with E-state index in [2.05, 4.69) is 5.32 Å². The molecular weight excluding hydrogens is 359 g/mol. The van der Waals surface area contributed by atoms with Gasteiger partial charge in [-0.1, -0.05) is 24.3 Å². The Labute approximate surface area is 154 Å². The van der Waals surface area contributed by atoms with Crippen LogP contribution in [0, 0.1) is 12.8 Å². The number of hydrogen-bond acceptors (Lipinski definition) is 3. The second kappa shape index (κ2) is 7.06. The lowest BCUT2D eigenvalue weighted by atomic mass is 10.1. The maximum atomic E-state index is 12.7. The van der Waals surface area contributed by atoms with Crippen LogP contribution < -0.4 is 5.32 Å². The molecule has 0 radical (unpaired) electrons. The first-order chi connectivity index (χ1) is 12.7. The normalized spacial score (nSPS) is 18.7. The predicted octanol–water partition coefficient (Wildman–Crippen LogP) is 4.54. The van der Waals surface area contributed by atoms with Crippen LogP contribution in [0.1, 0.15) is 39.4 Å². The molecule has 0 bridgehead atoms. The predicted molar refractivity (Wildman–Crippen MR) is 93.4 cm³/mol. The van der Waals surface area contributed by atoms with Crippen molar-refractivity contribution in [3.8, 4) is 0 Å². The fourth-order valence-corrected chi connectivity index (χ4v) is 3.10. The number of rotatable bonds is 4. The number of benzene rings is 2. The average Bonchev–Trinajstić information content (AvgIpc) is 3.43. The lowest BCUT2D eigenvalue weighted by Gasteiger charge is -2.13. The Morgan fingerprint density at radius 3 is 2.37 bits per heavy atom. The smallest absolute Gasteiger partial charge is 0.416 e. The number of nitrogens with one attached hydrogen (secondary N) is 1. The van der Waals surface area contributed by atoms with E-state index in [4.69, 9.17) is 4.74 Å². The fraction of sp³-hybridized carbons (Fsp3) is 0.300. The van der Waals surface area contributed by atoms with E-state index in [1.807, 2.05) is 0 Å². The topological polar surface area (TPSA) is 55.4 Å². The molecule has 0 heterocycles. The van der Waals surface area contributed by atoms with Crippen LogP contribution in [0.5, 0.6) is 0 Å². The van der Waals surface area contributed by atoms with Gasteiger partial charge in [-0.15, -0.1) is 0 Å². The second-order valence-corrected chi connectivity index (χ2v) is 6.55. The average molecular weight is 377 g/mol. The first-order valence-electron chi connectivity index (χ1n) is 8.38. The molecule has 1 amide bonds. The number of ether oxygens (including phenoxy) is 1. The standard InChI is InChI=1S/C20H18F3NO3/c1-11-4-3-5-14(19(26)27-2)17(11)24-18(25)16-10-15(16)12-6-8-13(9-7-12)20(21,22)23/h3-9,15-16H,10H2,1-2H3,(H,24,25). The minimum absolute atomic E-state index is 0.127. The van der Waals surface area contributed by atoms with Crippen molar-refractivity contribution in [2.45, 2.75) is 25.4 Å². The summed E-state index contributed by atoms with van der Waals surface area (Å²) in [6.45, 7) is 1.77. The molecule has 4 nitrogen and oxygen atoms in total. The van der Waals surface area contributed by atoms with Gasteiger partial charge in [-0.3, -0.25) is 4.79 Å². The molecule has 0 aliphatic heterocycles. The molecule has 1 fully saturated rings. The van der Waals surface area contributed by atoms with Crippen LogP contribution in [0.3, 0.4) is 0 Å². The van der Waals surface area contributed by atoms with E-state index in [0.29, 0.717) is 17.7 Å². The number of para-hydroxylation sites is 1. The maximum absolute atomic E-state index is 12.7. The molecule has 3 rings (SSSR count). The highest BCUT2D eigenvalue weighted by molar-refractivity contribution is 6.03. The van der Waals surface area contributed by atoms with Crippen molar-refractivity contribution in [2.24, 2.45) is 5.92 Å². The van der Waals surface area contributed by atoms with Gasteiger partial charge in [0.05, 0.1) is 23.9 Å². The number of halogens is 3. The van der Waals surface area contributed by atoms with Crippen molar-refractivity contribution in [1.82, 2.24) is 0 Å². The first kappa shape index (κ1) is 18.9. The molecule has 1 saturated carbocycles. The third-order valence-electron chi connectivity index (χ3n) is 4.72. The highest BCUT2D eigenvalue weighted by Gasteiger charge is 2.44. The number of aryl methyl sites for hydroxylation is 1. The molecule has 27 heavy (non-hydrogen) atoms. The molecule has 2 aromatic carbocycles. The molecule has 0 aromatic heterocycles. The van der Waals surface area contributed by atoms with Gasteiger partial charge in [0.25, 0.3) is 0 Å². The van der Waals surface area contributed by atoms with Gasteiger partial charge < -0.3 is 10.1 Å². The quantitative estimate of drug-likeness (QED) is 0.796. The van der Waals surface area contributed by atoms with Crippen LogP contribution >= 0.6 is 0 Å². The molecular formula is C20H18F3NO3. The monoisotopic (exact) mass is 377 g/mol. The van der Waals surface area contributed by atoms with Crippen LogP contribution in [-0.4, -0.2) is 19.0 Å². The molecule has 2 atom stereocenters. The molecule has 2 unspecified atom stereocenters. The van der Waals surface area contributed by atoms with Crippen molar-refractivity contribution in [3.05, 3.63) is 64.7 Å². The van der Waals surface area contributed by atoms with Gasteiger partial charge in [-0.05, 0) is 48.6 Å². The van der Waals surface area contributed by atoms with Gasteiger partial charge in [0.15, 0.2) is 0 Å². The second-order valence-electron chi connectivity index (χ2n) is 6.55. The van der Waals surface area contributed by atoms with E-state index in [0.717, 1.165) is 17.7 Å². The fourth-order valence-electron chi connectivity index (χ4n) is 3.10. The van der Waals surface area contributed by atoms with Crippen LogP contribution in [0.25, 0.3) is 0 Å². The summed E-state index contributed by atoms with van der Waals surface area (Å²) >= 11 is 0. The van der Waals surface area contributed by atoms with Crippen LogP contribution in [0.15, 0.2) is 42.5 Å². The summed E-state index contributed by atoms with van der Waals surface area (Å²) < 4.78 is 42.7. The van der Waals surface area contributed by atoms with Crippen molar-refractivity contribution in [1.29, 1.82) is 0 Å². The Balaban J connectivity index is 1.72. The van der Waals surface area contributed by atoms with Crippen molar-refractivity contribution in [2.75, 3.05) is 12.4 Å². The van der Waals surface area contributed by atoms with Gasteiger partial charge in [-0.25, -0.2) is 4.79 Å². The van der Waals surface area contributed by atoms with Gasteiger partial charge in [-0.2, -0.15) is 13.2 Å². The molecule has 1 aliphatic rings. The summed E-state index contributed by atoms with van der Waals surface area (Å²) in [6.07, 6.45) is -3.83. The zero-order valence-corrected chi connectivity index (χ0v) is 14.8. The van der Waals surface area contributed by atoms with Gasteiger partial charge in [0, 0.05) is 5.92 Å². The van der Waals surface area contributed by atoms with E-state index in [-0.39, 0.29) is 23.3 Å². The number of amides is 1. The SMILES string of the molecule is COC(=O)c1cccc(C)c1NC(=O)C1CC1c1ccc(C(F)(F)F)cc1. The minimum Gasteiger partial charge on any atom is -0.465 e. The first-order valence-corrected chi connectivity index (χ1v) is 8.38. The van der Waals surface area contributed by atoms with E-state index >= 15 is 0 Å². The van der Waals surface area contributed by atoms with Crippen molar-refractivity contribution >= 4 is 17.6 Å². The number of hydrogen-bond donors (Lipinski definition) is 1. The largest absolute Gasteiger partial charge is 0.465 e. The molecule has 142 valence electrons. The maximum Gasteiger partial charge on any atom is 0.416 e. The van der Waals surface area contributed by atoms with Crippen LogP contribution in [0.4, 0.5) is 18.9 Å². The molecule has 1 N–H and O–H groups in total. The third kappa shape index (κ3) is 3.97. The summed E-state index contributed by atoms with van der Waals surface area (Å²) in [6, 6.07) is 9.90. The summed E-state index contributed by atoms with van der Waals surface area (Å²) in [5.41, 5.74) is 1.36. The van der Waals surface area contributed by atoms with E-state index in [9.17, 15) is 22.8 Å². The summed E-state index contributed by atoms with van der Waals surface area (Å²) in [7, 11) is 1.26.